The highest BCUT2D eigenvalue weighted by molar-refractivity contribution is 6.33. The van der Waals surface area contributed by atoms with Gasteiger partial charge in [0.2, 0.25) is 0 Å². The Morgan fingerprint density at radius 1 is 1.19 bits per heavy atom. The summed E-state index contributed by atoms with van der Waals surface area (Å²) in [5.41, 5.74) is 6.56. The molecule has 10 heteroatoms. The van der Waals surface area contributed by atoms with Crippen molar-refractivity contribution in [2.45, 2.75) is 51.7 Å². The van der Waals surface area contributed by atoms with Crippen LogP contribution in [-0.2, 0) is 14.3 Å². The normalized spacial score (nSPS) is 25.3. The van der Waals surface area contributed by atoms with Gasteiger partial charge in [0.1, 0.15) is 11.9 Å². The van der Waals surface area contributed by atoms with Crippen LogP contribution in [0, 0.1) is 11.8 Å². The number of anilines is 1. The lowest BCUT2D eigenvalue weighted by atomic mass is 9.85. The van der Waals surface area contributed by atoms with E-state index in [9.17, 15) is 9.59 Å². The Morgan fingerprint density at radius 2 is 1.92 bits per heavy atom. The highest BCUT2D eigenvalue weighted by Gasteiger charge is 2.38. The Labute approximate surface area is 224 Å². The van der Waals surface area contributed by atoms with Crippen LogP contribution in [0.25, 0.3) is 0 Å². The highest BCUT2D eigenvalue weighted by Crippen LogP contribution is 2.31. The summed E-state index contributed by atoms with van der Waals surface area (Å²) in [7, 11) is 0. The second-order valence-electron chi connectivity index (χ2n) is 10.3. The molecule has 206 valence electrons. The van der Waals surface area contributed by atoms with Crippen molar-refractivity contribution in [3.63, 3.8) is 0 Å². The molecule has 3 atom stereocenters. The first-order chi connectivity index (χ1) is 17.9. The third-order valence-electron chi connectivity index (χ3n) is 7.94. The molecule has 37 heavy (non-hydrogen) atoms. The molecule has 1 amide bonds. The van der Waals surface area contributed by atoms with E-state index in [2.05, 4.69) is 22.0 Å². The predicted octanol–water partition coefficient (Wildman–Crippen LogP) is 2.81. The minimum Gasteiger partial charge on any atom is -0.493 e. The number of halogens is 1. The zero-order chi connectivity index (χ0) is 26.4. The van der Waals surface area contributed by atoms with Crippen LogP contribution in [0.1, 0.15) is 49.9 Å². The van der Waals surface area contributed by atoms with Gasteiger partial charge in [0, 0.05) is 38.3 Å². The van der Waals surface area contributed by atoms with Crippen molar-refractivity contribution in [1.82, 2.24) is 15.1 Å². The van der Waals surface area contributed by atoms with Crippen LogP contribution in [0.15, 0.2) is 12.1 Å². The minimum atomic E-state index is -0.466. The maximum absolute atomic E-state index is 13.5. The fourth-order valence-electron chi connectivity index (χ4n) is 5.73. The van der Waals surface area contributed by atoms with Crippen molar-refractivity contribution in [1.29, 1.82) is 0 Å². The van der Waals surface area contributed by atoms with E-state index >= 15 is 0 Å². The molecule has 5 rings (SSSR count). The van der Waals surface area contributed by atoms with Gasteiger partial charge in [-0.05, 0) is 57.7 Å². The number of fused-ring (bicyclic) bond motifs is 3. The number of esters is 1. The number of nitrogens with one attached hydrogen (secondary N) is 1. The lowest BCUT2D eigenvalue weighted by Crippen LogP contribution is -2.53. The molecule has 0 radical (unpaired) electrons. The van der Waals surface area contributed by atoms with Crippen molar-refractivity contribution in [2.24, 2.45) is 11.8 Å². The first-order valence-electron chi connectivity index (χ1n) is 13.6. The van der Waals surface area contributed by atoms with Gasteiger partial charge in [-0.2, -0.15) is 0 Å². The van der Waals surface area contributed by atoms with Gasteiger partial charge < -0.3 is 25.3 Å². The van der Waals surface area contributed by atoms with Gasteiger partial charge in [0.25, 0.3) is 5.91 Å². The monoisotopic (exact) mass is 536 g/mol. The maximum atomic E-state index is 13.5. The van der Waals surface area contributed by atoms with Crippen LogP contribution in [0.3, 0.4) is 0 Å². The smallest absolute Gasteiger partial charge is 0.311 e. The number of morpholine rings is 1. The Morgan fingerprint density at radius 3 is 2.54 bits per heavy atom. The third kappa shape index (κ3) is 7.07. The molecule has 4 aliphatic heterocycles. The van der Waals surface area contributed by atoms with E-state index in [0.29, 0.717) is 49.2 Å². The Bertz CT molecular complexity index is 934. The van der Waals surface area contributed by atoms with Gasteiger partial charge in [-0.25, -0.2) is 0 Å². The molecule has 0 spiro atoms. The summed E-state index contributed by atoms with van der Waals surface area (Å²) in [6.45, 7) is 10.6. The molecule has 1 unspecified atom stereocenters. The predicted molar refractivity (Wildman–Crippen MR) is 143 cm³/mol. The Balaban J connectivity index is 1.47. The summed E-state index contributed by atoms with van der Waals surface area (Å²) in [5.74, 6) is -0.257. The van der Waals surface area contributed by atoms with E-state index in [1.54, 1.807) is 6.07 Å². The van der Waals surface area contributed by atoms with Crippen LogP contribution in [0.2, 0.25) is 5.02 Å². The van der Waals surface area contributed by atoms with E-state index in [4.69, 9.17) is 31.5 Å². The average Bonchev–Trinajstić information content (AvgIpc) is 2.92. The van der Waals surface area contributed by atoms with Gasteiger partial charge in [-0.3, -0.25) is 19.4 Å². The van der Waals surface area contributed by atoms with Gasteiger partial charge in [-0.1, -0.05) is 18.5 Å². The molecule has 0 aliphatic carbocycles. The summed E-state index contributed by atoms with van der Waals surface area (Å²) >= 11 is 6.20. The van der Waals surface area contributed by atoms with Crippen molar-refractivity contribution in [3.05, 3.63) is 22.7 Å². The topological polar surface area (TPSA) is 106 Å². The number of carbonyl (C=O) groups excluding carboxylic acids is 2. The Hall–Kier alpha value is -2.07. The van der Waals surface area contributed by atoms with Gasteiger partial charge in [0.15, 0.2) is 0 Å². The fourth-order valence-corrected chi connectivity index (χ4v) is 5.89. The van der Waals surface area contributed by atoms with E-state index in [1.165, 1.54) is 6.07 Å². The standard InChI is InChI=1S/C27H41ClN4O5/c1-3-20(32-9-11-35-12-10-32)13-19(27(34)37-25-17-31-7-5-18(25)6-8-31)16-30-26(33)21-14-22(28)23(29)15-24(21)36-4-2/h14-15,18-20,25H,3-13,16-17,29H2,1-2H3,(H,30,33)/t19-,20?,25-/m0/s1. The summed E-state index contributed by atoms with van der Waals surface area (Å²) < 4.78 is 17.3. The minimum absolute atomic E-state index is 0.0721. The molecule has 0 aromatic heterocycles. The second kappa shape index (κ2) is 13.1. The molecular weight excluding hydrogens is 496 g/mol. The van der Waals surface area contributed by atoms with Crippen LogP contribution >= 0.6 is 11.6 Å². The number of hydrogen-bond acceptors (Lipinski definition) is 8. The molecule has 4 saturated heterocycles. The maximum Gasteiger partial charge on any atom is 0.311 e. The summed E-state index contributed by atoms with van der Waals surface area (Å²) in [5, 5.41) is 3.24. The average molecular weight is 537 g/mol. The molecule has 4 fully saturated rings. The zero-order valence-corrected chi connectivity index (χ0v) is 22.8. The lowest BCUT2D eigenvalue weighted by Gasteiger charge is -2.44. The first kappa shape index (κ1) is 28.0. The van der Waals surface area contributed by atoms with Gasteiger partial charge in [-0.15, -0.1) is 0 Å². The van der Waals surface area contributed by atoms with Crippen molar-refractivity contribution in [3.8, 4) is 5.75 Å². The number of nitrogen functional groups attached to an aromatic ring is 1. The third-order valence-corrected chi connectivity index (χ3v) is 8.27. The summed E-state index contributed by atoms with van der Waals surface area (Å²) in [6.07, 6.45) is 3.58. The van der Waals surface area contributed by atoms with Crippen molar-refractivity contribution < 1.29 is 23.8 Å². The molecule has 1 aromatic rings. The number of piperidine rings is 3. The van der Waals surface area contributed by atoms with Crippen molar-refractivity contribution in [2.75, 3.05) is 64.8 Å². The summed E-state index contributed by atoms with van der Waals surface area (Å²) in [6, 6.07) is 3.28. The van der Waals surface area contributed by atoms with Crippen LogP contribution in [0.5, 0.6) is 5.75 Å². The number of rotatable bonds is 11. The van der Waals surface area contributed by atoms with E-state index in [-0.39, 0.29) is 35.6 Å². The van der Waals surface area contributed by atoms with E-state index in [0.717, 1.165) is 52.0 Å². The SMILES string of the molecule is CCOc1cc(N)c(Cl)cc1C(=O)NC[C@H](CC(CC)N1CCOCC1)C(=O)O[C@H]1CN2CCC1CC2. The molecular formula is C27H41ClN4O5. The lowest BCUT2D eigenvalue weighted by molar-refractivity contribution is -0.164. The summed E-state index contributed by atoms with van der Waals surface area (Å²) in [4.78, 5) is 31.5. The van der Waals surface area contributed by atoms with Crippen molar-refractivity contribution >= 4 is 29.2 Å². The number of nitrogens with two attached hydrogens (primary N) is 1. The number of benzene rings is 1. The van der Waals surface area contributed by atoms with Crippen LogP contribution < -0.4 is 15.8 Å². The number of hydrogen-bond donors (Lipinski definition) is 2. The zero-order valence-electron chi connectivity index (χ0n) is 22.0. The number of amides is 1. The van der Waals surface area contributed by atoms with Crippen LogP contribution in [0.4, 0.5) is 5.69 Å². The van der Waals surface area contributed by atoms with Gasteiger partial charge in [0.05, 0.1) is 42.0 Å². The number of ether oxygens (including phenoxy) is 3. The molecule has 2 bridgehead atoms. The highest BCUT2D eigenvalue weighted by atomic mass is 35.5. The molecule has 9 nitrogen and oxygen atoms in total. The number of nitrogens with zero attached hydrogens (tertiary/aromatic N) is 2. The van der Waals surface area contributed by atoms with E-state index < -0.39 is 5.92 Å². The molecule has 3 N–H and O–H groups in total. The second-order valence-corrected chi connectivity index (χ2v) is 10.7. The fraction of sp³-hybridized carbons (Fsp3) is 0.704. The molecule has 0 saturated carbocycles. The molecule has 1 aromatic carbocycles. The van der Waals surface area contributed by atoms with E-state index in [1.807, 2.05) is 6.92 Å². The molecule has 4 aliphatic rings. The molecule has 4 heterocycles. The largest absolute Gasteiger partial charge is 0.493 e. The first-order valence-corrected chi connectivity index (χ1v) is 14.0. The Kier molecular flexibility index (Phi) is 9.92. The van der Waals surface area contributed by atoms with Crippen LogP contribution in [-0.4, -0.2) is 92.9 Å². The quantitative estimate of drug-likeness (QED) is 0.328. The van der Waals surface area contributed by atoms with Gasteiger partial charge >= 0.3 is 5.97 Å². The number of carbonyl (C=O) groups is 2.